The number of nitrogens with zero attached hydrogens (tertiary/aromatic N) is 2. The molecule has 13 heavy (non-hydrogen) atoms. The van der Waals surface area contributed by atoms with Crippen molar-refractivity contribution in [3.8, 4) is 11.5 Å². The van der Waals surface area contributed by atoms with Gasteiger partial charge in [-0.05, 0) is 15.9 Å². The Morgan fingerprint density at radius 2 is 2.31 bits per heavy atom. The zero-order chi connectivity index (χ0) is 9.26. The van der Waals surface area contributed by atoms with E-state index in [1.165, 1.54) is 0 Å². The average molecular weight is 263 g/mol. The molecule has 0 N–H and O–H groups in total. The van der Waals surface area contributed by atoms with Crippen LogP contribution in [0.15, 0.2) is 25.8 Å². The maximum Gasteiger partial charge on any atom is 0.210 e. The number of oxazole rings is 1. The Balaban J connectivity index is 2.35. The van der Waals surface area contributed by atoms with Gasteiger partial charge in [-0.25, -0.2) is 4.98 Å². The highest BCUT2D eigenvalue weighted by molar-refractivity contribution is 9.10. The van der Waals surface area contributed by atoms with Gasteiger partial charge >= 0.3 is 0 Å². The SMILES string of the molecule is ClCc1ncc(-c2cc(Br)no2)o1. The highest BCUT2D eigenvalue weighted by Gasteiger charge is 2.10. The molecule has 2 aromatic heterocycles. The normalized spacial score (nSPS) is 10.6. The molecule has 0 unspecified atom stereocenters. The summed E-state index contributed by atoms with van der Waals surface area (Å²) < 4.78 is 10.8. The highest BCUT2D eigenvalue weighted by atomic mass is 79.9. The predicted octanol–water partition coefficient (Wildman–Crippen LogP) is 2.83. The molecule has 4 nitrogen and oxygen atoms in total. The lowest BCUT2D eigenvalue weighted by atomic mass is 10.4. The minimum Gasteiger partial charge on any atom is -0.436 e. The minimum absolute atomic E-state index is 0.245. The first-order chi connectivity index (χ1) is 6.29. The molecule has 0 aliphatic rings. The first kappa shape index (κ1) is 8.77. The lowest BCUT2D eigenvalue weighted by Gasteiger charge is -1.84. The molecule has 0 amide bonds. The predicted molar refractivity (Wildman–Crippen MR) is 49.3 cm³/mol. The second-order valence-electron chi connectivity index (χ2n) is 2.27. The van der Waals surface area contributed by atoms with E-state index in [-0.39, 0.29) is 5.88 Å². The van der Waals surface area contributed by atoms with Gasteiger partial charge in [0.25, 0.3) is 0 Å². The average Bonchev–Trinajstić information content (AvgIpc) is 2.71. The third kappa shape index (κ3) is 1.76. The van der Waals surface area contributed by atoms with Crippen molar-refractivity contribution >= 4 is 27.5 Å². The van der Waals surface area contributed by atoms with Crippen LogP contribution in [-0.4, -0.2) is 10.1 Å². The number of halogens is 2. The van der Waals surface area contributed by atoms with Crippen molar-refractivity contribution in [3.63, 3.8) is 0 Å². The zero-order valence-corrected chi connectivity index (χ0v) is 8.67. The van der Waals surface area contributed by atoms with Gasteiger partial charge in [0.15, 0.2) is 5.76 Å². The molecule has 0 bridgehead atoms. The third-order valence-electron chi connectivity index (χ3n) is 1.39. The summed E-state index contributed by atoms with van der Waals surface area (Å²) in [6.07, 6.45) is 1.55. The zero-order valence-electron chi connectivity index (χ0n) is 6.33. The topological polar surface area (TPSA) is 52.1 Å². The van der Waals surface area contributed by atoms with Gasteiger partial charge in [-0.3, -0.25) is 0 Å². The van der Waals surface area contributed by atoms with Crippen LogP contribution in [-0.2, 0) is 5.88 Å². The second kappa shape index (κ2) is 3.51. The third-order valence-corrected chi connectivity index (χ3v) is 1.99. The standard InChI is InChI=1S/C7H4BrClN2O2/c8-6-1-4(13-11-6)5-3-10-7(2-9)12-5/h1,3H,2H2. The van der Waals surface area contributed by atoms with Crippen LogP contribution in [0.25, 0.3) is 11.5 Å². The maximum atomic E-state index is 5.52. The van der Waals surface area contributed by atoms with Crippen LogP contribution < -0.4 is 0 Å². The van der Waals surface area contributed by atoms with Crippen LogP contribution in [0.1, 0.15) is 5.89 Å². The van der Waals surface area contributed by atoms with Gasteiger partial charge in [0.1, 0.15) is 4.60 Å². The van der Waals surface area contributed by atoms with Crippen molar-refractivity contribution < 1.29 is 8.94 Å². The molecule has 2 rings (SSSR count). The largest absolute Gasteiger partial charge is 0.436 e. The molecule has 0 atom stereocenters. The van der Waals surface area contributed by atoms with Gasteiger partial charge in [0.05, 0.1) is 12.1 Å². The molecule has 2 aromatic rings. The van der Waals surface area contributed by atoms with Gasteiger partial charge in [-0.1, -0.05) is 5.16 Å². The van der Waals surface area contributed by atoms with E-state index >= 15 is 0 Å². The molecule has 2 heterocycles. The van der Waals surface area contributed by atoms with Crippen molar-refractivity contribution in [1.29, 1.82) is 0 Å². The maximum absolute atomic E-state index is 5.52. The number of rotatable bonds is 2. The summed E-state index contributed by atoms with van der Waals surface area (Å²) in [7, 11) is 0. The lowest BCUT2D eigenvalue weighted by molar-refractivity contribution is 0.410. The Hall–Kier alpha value is -0.810. The van der Waals surface area contributed by atoms with E-state index in [0.29, 0.717) is 22.0 Å². The molecular weight excluding hydrogens is 259 g/mol. The summed E-state index contributed by atoms with van der Waals surface area (Å²) in [6, 6.07) is 1.69. The van der Waals surface area contributed by atoms with Gasteiger partial charge in [0.2, 0.25) is 11.7 Å². The molecule has 0 spiro atoms. The fraction of sp³-hybridized carbons (Fsp3) is 0.143. The summed E-state index contributed by atoms with van der Waals surface area (Å²) >= 11 is 8.68. The first-order valence-electron chi connectivity index (χ1n) is 3.43. The van der Waals surface area contributed by atoms with Crippen LogP contribution in [0.3, 0.4) is 0 Å². The van der Waals surface area contributed by atoms with E-state index in [4.69, 9.17) is 20.5 Å². The van der Waals surface area contributed by atoms with Crippen molar-refractivity contribution in [2.75, 3.05) is 0 Å². The van der Waals surface area contributed by atoms with Crippen molar-refractivity contribution in [2.24, 2.45) is 0 Å². The summed E-state index contributed by atoms with van der Waals surface area (Å²) in [5.41, 5.74) is 0. The number of alkyl halides is 1. The molecule has 0 aliphatic carbocycles. The van der Waals surface area contributed by atoms with E-state index in [0.717, 1.165) is 0 Å². The number of hydrogen-bond acceptors (Lipinski definition) is 4. The van der Waals surface area contributed by atoms with Crippen molar-refractivity contribution in [3.05, 3.63) is 22.8 Å². The summed E-state index contributed by atoms with van der Waals surface area (Å²) in [6.45, 7) is 0. The minimum atomic E-state index is 0.245. The van der Waals surface area contributed by atoms with Crippen LogP contribution in [0.2, 0.25) is 0 Å². The molecule has 0 fully saturated rings. The van der Waals surface area contributed by atoms with Gasteiger partial charge in [-0.15, -0.1) is 11.6 Å². The Morgan fingerprint density at radius 3 is 2.85 bits per heavy atom. The van der Waals surface area contributed by atoms with E-state index in [9.17, 15) is 0 Å². The van der Waals surface area contributed by atoms with E-state index in [2.05, 4.69) is 26.1 Å². The number of aromatic nitrogens is 2. The molecule has 0 aromatic carbocycles. The molecule has 0 radical (unpaired) electrons. The second-order valence-corrected chi connectivity index (χ2v) is 3.35. The van der Waals surface area contributed by atoms with Gasteiger partial charge in [-0.2, -0.15) is 0 Å². The lowest BCUT2D eigenvalue weighted by Crippen LogP contribution is -1.70. The number of hydrogen-bond donors (Lipinski definition) is 0. The Morgan fingerprint density at radius 1 is 1.46 bits per heavy atom. The molecule has 6 heteroatoms. The smallest absolute Gasteiger partial charge is 0.210 e. The molecule has 0 saturated heterocycles. The highest BCUT2D eigenvalue weighted by Crippen LogP contribution is 2.23. The van der Waals surface area contributed by atoms with E-state index in [1.807, 2.05) is 0 Å². The molecular formula is C7H4BrClN2O2. The Bertz CT molecular complexity index is 412. The Kier molecular flexibility index (Phi) is 2.37. The van der Waals surface area contributed by atoms with Gasteiger partial charge in [0, 0.05) is 6.07 Å². The van der Waals surface area contributed by atoms with Crippen LogP contribution in [0.5, 0.6) is 0 Å². The van der Waals surface area contributed by atoms with Crippen LogP contribution in [0, 0.1) is 0 Å². The molecule has 0 saturated carbocycles. The summed E-state index contributed by atoms with van der Waals surface area (Å²) in [5, 5.41) is 3.65. The summed E-state index contributed by atoms with van der Waals surface area (Å²) in [5.74, 6) is 1.75. The van der Waals surface area contributed by atoms with Crippen LogP contribution >= 0.6 is 27.5 Å². The fourth-order valence-electron chi connectivity index (χ4n) is 0.856. The quantitative estimate of drug-likeness (QED) is 0.782. The van der Waals surface area contributed by atoms with Crippen LogP contribution in [0.4, 0.5) is 0 Å². The van der Waals surface area contributed by atoms with E-state index < -0.39 is 0 Å². The summed E-state index contributed by atoms with van der Waals surface area (Å²) in [4.78, 5) is 3.92. The monoisotopic (exact) mass is 262 g/mol. The molecule has 68 valence electrons. The molecule has 0 aliphatic heterocycles. The van der Waals surface area contributed by atoms with Crippen molar-refractivity contribution in [1.82, 2.24) is 10.1 Å². The fourth-order valence-corrected chi connectivity index (χ4v) is 1.26. The first-order valence-corrected chi connectivity index (χ1v) is 4.75. The van der Waals surface area contributed by atoms with Gasteiger partial charge < -0.3 is 8.94 Å². The van der Waals surface area contributed by atoms with Crippen molar-refractivity contribution in [2.45, 2.75) is 5.88 Å². The Labute approximate surface area is 87.0 Å². The van der Waals surface area contributed by atoms with E-state index in [1.54, 1.807) is 12.3 Å².